The Morgan fingerprint density at radius 2 is 1.71 bits per heavy atom. The highest BCUT2D eigenvalue weighted by atomic mass is 15.2. The molecule has 1 N–H and O–H groups in total. The summed E-state index contributed by atoms with van der Waals surface area (Å²) < 4.78 is 0. The van der Waals surface area contributed by atoms with Crippen molar-refractivity contribution in [3.05, 3.63) is 77.9 Å². The molecule has 0 unspecified atom stereocenters. The topological polar surface area (TPSA) is 61.6 Å². The summed E-state index contributed by atoms with van der Waals surface area (Å²) in [5.74, 6) is 0.712. The van der Waals surface area contributed by atoms with E-state index in [4.69, 9.17) is 5.26 Å². The monoisotopic (exact) mass is 314 g/mol. The zero-order valence-electron chi connectivity index (χ0n) is 13.7. The first-order valence-corrected chi connectivity index (χ1v) is 7.76. The zero-order valence-corrected chi connectivity index (χ0v) is 13.7. The van der Waals surface area contributed by atoms with E-state index >= 15 is 0 Å². The molecule has 4 nitrogen and oxygen atoms in total. The van der Waals surface area contributed by atoms with Crippen LogP contribution in [-0.4, -0.2) is 10.2 Å². The fraction of sp³-hybridized carbons (Fsp3) is 0.150. The molecule has 0 radical (unpaired) electrons. The molecule has 0 aliphatic rings. The molecule has 4 heteroatoms. The van der Waals surface area contributed by atoms with E-state index in [0.29, 0.717) is 11.4 Å². The third-order valence-electron chi connectivity index (χ3n) is 3.89. The van der Waals surface area contributed by atoms with Gasteiger partial charge in [-0.25, -0.2) is 0 Å². The Balaban J connectivity index is 1.81. The smallest absolute Gasteiger partial charge is 0.149 e. The molecule has 118 valence electrons. The van der Waals surface area contributed by atoms with E-state index in [1.54, 1.807) is 6.07 Å². The number of nitrogens with zero attached hydrogens (tertiary/aromatic N) is 3. The molecule has 24 heavy (non-hydrogen) atoms. The Morgan fingerprint density at radius 1 is 0.917 bits per heavy atom. The lowest BCUT2D eigenvalue weighted by atomic mass is 9.94. The van der Waals surface area contributed by atoms with Crippen molar-refractivity contribution in [3.8, 4) is 17.3 Å². The lowest BCUT2D eigenvalue weighted by molar-refractivity contribution is 0.604. The Bertz CT molecular complexity index is 862. The van der Waals surface area contributed by atoms with Crippen LogP contribution in [0.4, 0.5) is 5.82 Å². The number of aromatic nitrogens is 2. The molecule has 3 aromatic rings. The minimum atomic E-state index is -0.252. The molecule has 0 fully saturated rings. The molecule has 1 aromatic heterocycles. The summed E-state index contributed by atoms with van der Waals surface area (Å²) in [6, 6.07) is 23.5. The van der Waals surface area contributed by atoms with Crippen molar-refractivity contribution in [2.24, 2.45) is 0 Å². The molecule has 0 aliphatic heterocycles. The zero-order chi connectivity index (χ0) is 17.0. The quantitative estimate of drug-likeness (QED) is 0.777. The number of nitriles is 1. The molecule has 3 rings (SSSR count). The van der Waals surface area contributed by atoms with Gasteiger partial charge < -0.3 is 5.32 Å². The van der Waals surface area contributed by atoms with Crippen LogP contribution in [0.25, 0.3) is 11.3 Å². The summed E-state index contributed by atoms with van der Waals surface area (Å²) in [6.45, 7) is 4.21. The number of benzene rings is 2. The van der Waals surface area contributed by atoms with Crippen molar-refractivity contribution in [1.29, 1.82) is 5.26 Å². The van der Waals surface area contributed by atoms with Crippen LogP contribution < -0.4 is 5.32 Å². The van der Waals surface area contributed by atoms with E-state index in [2.05, 4.69) is 47.6 Å². The van der Waals surface area contributed by atoms with Crippen molar-refractivity contribution in [2.45, 2.75) is 19.4 Å². The first-order valence-electron chi connectivity index (χ1n) is 7.76. The Morgan fingerprint density at radius 3 is 2.38 bits per heavy atom. The summed E-state index contributed by atoms with van der Waals surface area (Å²) in [5.41, 5.74) is 3.17. The van der Waals surface area contributed by atoms with Crippen molar-refractivity contribution in [2.75, 3.05) is 5.32 Å². The average Bonchev–Trinajstić information content (AvgIpc) is 2.63. The molecule has 0 saturated heterocycles. The lowest BCUT2D eigenvalue weighted by Gasteiger charge is -2.27. The molecule has 1 heterocycles. The van der Waals surface area contributed by atoms with Crippen molar-refractivity contribution >= 4 is 5.82 Å². The van der Waals surface area contributed by atoms with Crippen LogP contribution in [0.1, 0.15) is 25.0 Å². The maximum absolute atomic E-state index is 8.99. The Labute approximate surface area is 141 Å². The fourth-order valence-electron chi connectivity index (χ4n) is 2.55. The van der Waals surface area contributed by atoms with Crippen LogP contribution >= 0.6 is 0 Å². The molecule has 0 bridgehead atoms. The predicted octanol–water partition coefficient (Wildman–Crippen LogP) is 4.36. The van der Waals surface area contributed by atoms with E-state index in [9.17, 15) is 0 Å². The summed E-state index contributed by atoms with van der Waals surface area (Å²) in [4.78, 5) is 0. The maximum Gasteiger partial charge on any atom is 0.149 e. The molecule has 0 spiro atoms. The summed E-state index contributed by atoms with van der Waals surface area (Å²) in [5, 5.41) is 21.0. The van der Waals surface area contributed by atoms with Gasteiger partial charge in [0.1, 0.15) is 5.82 Å². The highest BCUT2D eigenvalue weighted by molar-refractivity contribution is 5.61. The molecular weight excluding hydrogens is 296 g/mol. The maximum atomic E-state index is 8.99. The van der Waals surface area contributed by atoms with E-state index in [0.717, 1.165) is 11.3 Å². The Kier molecular flexibility index (Phi) is 4.26. The third kappa shape index (κ3) is 3.41. The van der Waals surface area contributed by atoms with E-state index in [1.165, 1.54) is 5.56 Å². The van der Waals surface area contributed by atoms with E-state index in [-0.39, 0.29) is 5.54 Å². The predicted molar refractivity (Wildman–Crippen MR) is 95.3 cm³/mol. The van der Waals surface area contributed by atoms with Crippen LogP contribution in [0, 0.1) is 11.3 Å². The van der Waals surface area contributed by atoms with Gasteiger partial charge in [-0.15, -0.1) is 10.2 Å². The van der Waals surface area contributed by atoms with Crippen LogP contribution in [0.3, 0.4) is 0 Å². The first kappa shape index (κ1) is 15.7. The molecule has 2 aromatic carbocycles. The van der Waals surface area contributed by atoms with Crippen LogP contribution in [0.15, 0.2) is 66.7 Å². The number of rotatable bonds is 4. The normalized spacial score (nSPS) is 10.9. The van der Waals surface area contributed by atoms with Crippen LogP contribution in [0.5, 0.6) is 0 Å². The molecular formula is C20H18N4. The van der Waals surface area contributed by atoms with Gasteiger partial charge in [0.15, 0.2) is 0 Å². The highest BCUT2D eigenvalue weighted by Crippen LogP contribution is 2.25. The van der Waals surface area contributed by atoms with Gasteiger partial charge in [-0.3, -0.25) is 0 Å². The van der Waals surface area contributed by atoms with E-state index < -0.39 is 0 Å². The molecule has 0 amide bonds. The SMILES string of the molecule is CC(C)(Nc1ccc(-c2cccc(C#N)c2)nn1)c1ccccc1. The molecule has 0 saturated carbocycles. The first-order chi connectivity index (χ1) is 11.6. The average molecular weight is 314 g/mol. The molecule has 0 atom stereocenters. The summed E-state index contributed by atoms with van der Waals surface area (Å²) in [7, 11) is 0. The van der Waals surface area contributed by atoms with Crippen molar-refractivity contribution in [3.63, 3.8) is 0 Å². The van der Waals surface area contributed by atoms with Gasteiger partial charge in [0, 0.05) is 5.56 Å². The minimum Gasteiger partial charge on any atom is -0.360 e. The number of nitrogens with one attached hydrogen (secondary N) is 1. The van der Waals surface area contributed by atoms with Gasteiger partial charge in [-0.2, -0.15) is 5.26 Å². The highest BCUT2D eigenvalue weighted by Gasteiger charge is 2.20. The van der Waals surface area contributed by atoms with E-state index in [1.807, 2.05) is 48.5 Å². The second-order valence-corrected chi connectivity index (χ2v) is 6.11. The van der Waals surface area contributed by atoms with Crippen LogP contribution in [0.2, 0.25) is 0 Å². The Hall–Kier alpha value is -3.19. The second-order valence-electron chi connectivity index (χ2n) is 6.11. The number of hydrogen-bond acceptors (Lipinski definition) is 4. The standard InChI is InChI=1S/C20H18N4/c1-20(2,17-9-4-3-5-10-17)22-19-12-11-18(23-24-19)16-8-6-7-15(13-16)14-21/h3-13H,1-2H3,(H,22,24). The van der Waals surface area contributed by atoms with Crippen LogP contribution in [-0.2, 0) is 5.54 Å². The van der Waals surface area contributed by atoms with Gasteiger partial charge >= 0.3 is 0 Å². The summed E-state index contributed by atoms with van der Waals surface area (Å²) >= 11 is 0. The summed E-state index contributed by atoms with van der Waals surface area (Å²) in [6.07, 6.45) is 0. The number of hydrogen-bond donors (Lipinski definition) is 1. The van der Waals surface area contributed by atoms with Gasteiger partial charge in [0.25, 0.3) is 0 Å². The second kappa shape index (κ2) is 6.51. The van der Waals surface area contributed by atoms with Gasteiger partial charge in [-0.05, 0) is 43.7 Å². The molecule has 0 aliphatic carbocycles. The third-order valence-corrected chi connectivity index (χ3v) is 3.89. The number of anilines is 1. The minimum absolute atomic E-state index is 0.252. The van der Waals surface area contributed by atoms with Gasteiger partial charge in [0.05, 0.1) is 22.9 Å². The lowest BCUT2D eigenvalue weighted by Crippen LogP contribution is -2.28. The van der Waals surface area contributed by atoms with Gasteiger partial charge in [-0.1, -0.05) is 42.5 Å². The largest absolute Gasteiger partial charge is 0.360 e. The fourth-order valence-corrected chi connectivity index (χ4v) is 2.55. The van der Waals surface area contributed by atoms with Crippen molar-refractivity contribution < 1.29 is 0 Å². The van der Waals surface area contributed by atoms with Gasteiger partial charge in [0.2, 0.25) is 0 Å². The van der Waals surface area contributed by atoms with Crippen molar-refractivity contribution in [1.82, 2.24) is 10.2 Å².